The van der Waals surface area contributed by atoms with Crippen LogP contribution in [0.3, 0.4) is 0 Å². The monoisotopic (exact) mass is 292 g/mol. The number of anilines is 2. The van der Waals surface area contributed by atoms with Crippen molar-refractivity contribution in [2.24, 2.45) is 0 Å². The second-order valence-corrected chi connectivity index (χ2v) is 4.82. The summed E-state index contributed by atoms with van der Waals surface area (Å²) < 4.78 is 31.4. The van der Waals surface area contributed by atoms with Gasteiger partial charge in [-0.2, -0.15) is 0 Å². The van der Waals surface area contributed by atoms with Gasteiger partial charge in [-0.15, -0.1) is 0 Å². The van der Waals surface area contributed by atoms with Crippen LogP contribution in [0.1, 0.15) is 11.1 Å². The molecule has 0 unspecified atom stereocenters. The highest BCUT2D eigenvalue weighted by molar-refractivity contribution is 5.68. The minimum absolute atomic E-state index is 0.143. The Balaban J connectivity index is 2.03. The Morgan fingerprint density at radius 3 is 2.62 bits per heavy atom. The van der Waals surface area contributed by atoms with Crippen LogP contribution >= 0.6 is 0 Å². The van der Waals surface area contributed by atoms with E-state index in [0.717, 1.165) is 11.1 Å². The smallest absolute Gasteiger partial charge is 0.167 e. The van der Waals surface area contributed by atoms with Gasteiger partial charge in [0.2, 0.25) is 0 Å². The van der Waals surface area contributed by atoms with Crippen LogP contribution in [0.25, 0.3) is 0 Å². The molecule has 3 N–H and O–H groups in total. The standard InChI is InChI=1S/C16H18F2N2O/c1-10-7-12(17)4-3-11(10)5-6-20-15-9-16(21-2)13(18)8-14(15)19/h3-4,7-9,20H,5-6,19H2,1-2H3. The van der Waals surface area contributed by atoms with Gasteiger partial charge < -0.3 is 15.8 Å². The van der Waals surface area contributed by atoms with Crippen molar-refractivity contribution in [1.29, 1.82) is 0 Å². The number of nitrogens with one attached hydrogen (secondary N) is 1. The van der Waals surface area contributed by atoms with Crippen LogP contribution in [0.5, 0.6) is 5.75 Å². The van der Waals surface area contributed by atoms with Crippen molar-refractivity contribution in [2.75, 3.05) is 24.7 Å². The third-order valence-electron chi connectivity index (χ3n) is 3.34. The van der Waals surface area contributed by atoms with E-state index in [-0.39, 0.29) is 11.6 Å². The van der Waals surface area contributed by atoms with Crippen LogP contribution in [0, 0.1) is 18.6 Å². The van der Waals surface area contributed by atoms with Crippen molar-refractivity contribution in [3.63, 3.8) is 0 Å². The zero-order chi connectivity index (χ0) is 15.4. The number of ether oxygens (including phenoxy) is 1. The summed E-state index contributed by atoms with van der Waals surface area (Å²) in [6.45, 7) is 2.47. The summed E-state index contributed by atoms with van der Waals surface area (Å²) in [7, 11) is 1.40. The summed E-state index contributed by atoms with van der Waals surface area (Å²) in [6, 6.07) is 7.47. The molecule has 5 heteroatoms. The van der Waals surface area contributed by atoms with Gasteiger partial charge in [0.1, 0.15) is 5.82 Å². The molecule has 112 valence electrons. The maximum absolute atomic E-state index is 13.4. The first-order chi connectivity index (χ1) is 10.0. The van der Waals surface area contributed by atoms with Gasteiger partial charge in [-0.3, -0.25) is 0 Å². The molecule has 0 heterocycles. The third kappa shape index (κ3) is 3.62. The number of rotatable bonds is 5. The van der Waals surface area contributed by atoms with Crippen LogP contribution in [-0.2, 0) is 6.42 Å². The van der Waals surface area contributed by atoms with E-state index in [9.17, 15) is 8.78 Å². The molecule has 2 rings (SSSR count). The van der Waals surface area contributed by atoms with E-state index >= 15 is 0 Å². The van der Waals surface area contributed by atoms with E-state index in [4.69, 9.17) is 10.5 Å². The summed E-state index contributed by atoms with van der Waals surface area (Å²) in [5.41, 5.74) is 8.66. The molecule has 0 bridgehead atoms. The van der Waals surface area contributed by atoms with Crippen molar-refractivity contribution in [2.45, 2.75) is 13.3 Å². The molecule has 3 nitrogen and oxygen atoms in total. The number of benzene rings is 2. The minimum Gasteiger partial charge on any atom is -0.494 e. The molecule has 2 aromatic carbocycles. The molecule has 0 amide bonds. The fourth-order valence-electron chi connectivity index (χ4n) is 2.15. The van der Waals surface area contributed by atoms with Gasteiger partial charge >= 0.3 is 0 Å². The van der Waals surface area contributed by atoms with E-state index in [1.165, 1.54) is 31.4 Å². The first-order valence-corrected chi connectivity index (χ1v) is 6.63. The Kier molecular flexibility index (Phi) is 4.62. The van der Waals surface area contributed by atoms with Crippen LogP contribution in [0.4, 0.5) is 20.2 Å². The molecule has 0 atom stereocenters. The Labute approximate surface area is 122 Å². The highest BCUT2D eigenvalue weighted by Crippen LogP contribution is 2.27. The van der Waals surface area contributed by atoms with Crippen LogP contribution in [0.2, 0.25) is 0 Å². The van der Waals surface area contributed by atoms with Crippen LogP contribution in [-0.4, -0.2) is 13.7 Å². The molecule has 0 saturated carbocycles. The Bertz CT molecular complexity index is 644. The van der Waals surface area contributed by atoms with Gasteiger partial charge in [0.15, 0.2) is 11.6 Å². The quantitative estimate of drug-likeness (QED) is 0.829. The number of methoxy groups -OCH3 is 1. The Morgan fingerprint density at radius 2 is 1.95 bits per heavy atom. The van der Waals surface area contributed by atoms with E-state index in [1.54, 1.807) is 6.07 Å². The lowest BCUT2D eigenvalue weighted by atomic mass is 10.1. The van der Waals surface area contributed by atoms with Crippen molar-refractivity contribution >= 4 is 11.4 Å². The molecule has 0 aliphatic rings. The molecule has 0 aromatic heterocycles. The van der Waals surface area contributed by atoms with Gasteiger partial charge in [0, 0.05) is 18.7 Å². The van der Waals surface area contributed by atoms with Crippen molar-refractivity contribution in [1.82, 2.24) is 0 Å². The van der Waals surface area contributed by atoms with Crippen LogP contribution in [0.15, 0.2) is 30.3 Å². The van der Waals surface area contributed by atoms with Gasteiger partial charge in [0.25, 0.3) is 0 Å². The first-order valence-electron chi connectivity index (χ1n) is 6.63. The SMILES string of the molecule is COc1cc(NCCc2ccc(F)cc2C)c(N)cc1F. The fraction of sp³-hybridized carbons (Fsp3) is 0.250. The molecular formula is C16H18F2N2O. The number of hydrogen-bond donors (Lipinski definition) is 2. The molecule has 2 aromatic rings. The molecule has 0 aliphatic heterocycles. The highest BCUT2D eigenvalue weighted by Gasteiger charge is 2.08. The lowest BCUT2D eigenvalue weighted by Crippen LogP contribution is -2.08. The molecule has 0 saturated heterocycles. The topological polar surface area (TPSA) is 47.3 Å². The van der Waals surface area contributed by atoms with E-state index < -0.39 is 5.82 Å². The second-order valence-electron chi connectivity index (χ2n) is 4.82. The lowest BCUT2D eigenvalue weighted by molar-refractivity contribution is 0.387. The number of nitrogen functional groups attached to an aromatic ring is 1. The Morgan fingerprint density at radius 1 is 1.19 bits per heavy atom. The minimum atomic E-state index is -0.491. The summed E-state index contributed by atoms with van der Waals surface area (Å²) >= 11 is 0. The average Bonchev–Trinajstić information content (AvgIpc) is 2.43. The van der Waals surface area contributed by atoms with Gasteiger partial charge in [-0.1, -0.05) is 6.07 Å². The fourth-order valence-corrected chi connectivity index (χ4v) is 2.15. The summed E-state index contributed by atoms with van der Waals surface area (Å²) in [6.07, 6.45) is 0.714. The zero-order valence-corrected chi connectivity index (χ0v) is 12.0. The zero-order valence-electron chi connectivity index (χ0n) is 12.0. The normalized spacial score (nSPS) is 10.5. The van der Waals surface area contributed by atoms with Gasteiger partial charge in [-0.25, -0.2) is 8.78 Å². The van der Waals surface area contributed by atoms with E-state index in [1.807, 2.05) is 6.92 Å². The first kappa shape index (κ1) is 15.1. The maximum atomic E-state index is 13.4. The average molecular weight is 292 g/mol. The number of aryl methyl sites for hydroxylation is 1. The van der Waals surface area contributed by atoms with Crippen molar-refractivity contribution in [3.05, 3.63) is 53.1 Å². The summed E-state index contributed by atoms with van der Waals surface area (Å²) in [4.78, 5) is 0. The number of nitrogens with two attached hydrogens (primary N) is 1. The van der Waals surface area contributed by atoms with Gasteiger partial charge in [0.05, 0.1) is 18.5 Å². The summed E-state index contributed by atoms with van der Waals surface area (Å²) in [5, 5.41) is 3.14. The van der Waals surface area contributed by atoms with Crippen molar-refractivity contribution < 1.29 is 13.5 Å². The molecule has 0 fully saturated rings. The molecular weight excluding hydrogens is 274 g/mol. The second kappa shape index (κ2) is 6.43. The van der Waals surface area contributed by atoms with Gasteiger partial charge in [-0.05, 0) is 36.6 Å². The summed E-state index contributed by atoms with van der Waals surface area (Å²) in [5.74, 6) is -0.587. The predicted molar refractivity (Wildman–Crippen MR) is 80.7 cm³/mol. The highest BCUT2D eigenvalue weighted by atomic mass is 19.1. The third-order valence-corrected chi connectivity index (χ3v) is 3.34. The lowest BCUT2D eigenvalue weighted by Gasteiger charge is -2.12. The van der Waals surface area contributed by atoms with E-state index in [2.05, 4.69) is 5.32 Å². The van der Waals surface area contributed by atoms with Crippen molar-refractivity contribution in [3.8, 4) is 5.75 Å². The molecule has 0 radical (unpaired) electrons. The molecule has 0 aliphatic carbocycles. The Hall–Kier alpha value is -2.30. The molecule has 0 spiro atoms. The van der Waals surface area contributed by atoms with E-state index in [0.29, 0.717) is 24.3 Å². The number of hydrogen-bond acceptors (Lipinski definition) is 3. The van der Waals surface area contributed by atoms with Crippen LogP contribution < -0.4 is 15.8 Å². The largest absolute Gasteiger partial charge is 0.494 e. The predicted octanol–water partition coefficient (Wildman–Crippen LogP) is 3.52. The maximum Gasteiger partial charge on any atom is 0.167 e. The molecule has 21 heavy (non-hydrogen) atoms. The number of halogens is 2.